The lowest BCUT2D eigenvalue weighted by atomic mass is 9.99. The zero-order chi connectivity index (χ0) is 25.3. The van der Waals surface area contributed by atoms with Gasteiger partial charge in [0, 0.05) is 11.6 Å². The first-order chi connectivity index (χ1) is 16.0. The Morgan fingerprint density at radius 1 is 0.941 bits per heavy atom. The van der Waals surface area contributed by atoms with Gasteiger partial charge in [-0.2, -0.15) is 0 Å². The lowest BCUT2D eigenvalue weighted by molar-refractivity contribution is -0.290. The number of phenols is 1. The Bertz CT molecular complexity index is 877. The summed E-state index contributed by atoms with van der Waals surface area (Å²) in [6.45, 7) is 1.70. The van der Waals surface area contributed by atoms with Crippen LogP contribution < -0.4 is 9.47 Å². The number of aliphatic hydroxyl groups is 6. The van der Waals surface area contributed by atoms with Crippen molar-refractivity contribution in [1.29, 1.82) is 0 Å². The molecule has 0 spiro atoms. The number of aromatic hydroxyl groups is 1. The van der Waals surface area contributed by atoms with Crippen molar-refractivity contribution in [3.05, 3.63) is 17.2 Å². The number of aliphatic hydroxyl groups excluding tert-OH is 6. The summed E-state index contributed by atoms with van der Waals surface area (Å²) in [5.41, 5.74) is 0.0828. The maximum absolute atomic E-state index is 11.9. The predicted molar refractivity (Wildman–Crippen MR) is 110 cm³/mol. The van der Waals surface area contributed by atoms with E-state index in [1.165, 1.54) is 27.0 Å². The summed E-state index contributed by atoms with van der Waals surface area (Å²) in [7, 11) is 1.29. The summed E-state index contributed by atoms with van der Waals surface area (Å²) in [6, 6.07) is 1.31. The van der Waals surface area contributed by atoms with Crippen LogP contribution in [0.2, 0.25) is 0 Å². The van der Waals surface area contributed by atoms with Crippen LogP contribution in [0, 0.1) is 6.92 Å². The number of Topliss-reactive ketones (excluding diaryl/α,β-unsaturated/α-hetero) is 1. The van der Waals surface area contributed by atoms with Crippen LogP contribution in [-0.4, -0.2) is 117 Å². The van der Waals surface area contributed by atoms with Crippen molar-refractivity contribution in [2.75, 3.05) is 20.3 Å². The number of carbonyl (C=O) groups is 1. The van der Waals surface area contributed by atoms with E-state index in [-0.39, 0.29) is 22.6 Å². The SMILES string of the molecule is COc1cc(O[C@@H]2O[C@H](CO[C@@H]3O[C@@H](CO)[C@H](O)[C@H]3O)[C@@H](O)[C@H](O)[C@H]2O)c(C)c(O)c1C(C)=O. The zero-order valence-corrected chi connectivity index (χ0v) is 18.8. The van der Waals surface area contributed by atoms with Crippen LogP contribution >= 0.6 is 0 Å². The lowest BCUT2D eigenvalue weighted by Gasteiger charge is -2.40. The van der Waals surface area contributed by atoms with E-state index in [0.29, 0.717) is 0 Å². The van der Waals surface area contributed by atoms with Gasteiger partial charge in [-0.15, -0.1) is 0 Å². The third-order valence-electron chi connectivity index (χ3n) is 5.88. The third-order valence-corrected chi connectivity index (χ3v) is 5.88. The van der Waals surface area contributed by atoms with E-state index < -0.39 is 80.1 Å². The summed E-state index contributed by atoms with van der Waals surface area (Å²) in [5.74, 6) is -0.841. The largest absolute Gasteiger partial charge is 0.507 e. The number of ketones is 1. The van der Waals surface area contributed by atoms with Crippen LogP contribution in [0.3, 0.4) is 0 Å². The van der Waals surface area contributed by atoms with Gasteiger partial charge in [0.25, 0.3) is 0 Å². The van der Waals surface area contributed by atoms with Gasteiger partial charge in [-0.05, 0) is 13.8 Å². The van der Waals surface area contributed by atoms with E-state index in [4.69, 9.17) is 28.8 Å². The molecule has 0 radical (unpaired) electrons. The Hall–Kier alpha value is -2.07. The first-order valence-electron chi connectivity index (χ1n) is 10.5. The molecule has 7 N–H and O–H groups in total. The lowest BCUT2D eigenvalue weighted by Crippen LogP contribution is -2.60. The molecule has 1 aromatic carbocycles. The molecule has 34 heavy (non-hydrogen) atoms. The highest BCUT2D eigenvalue weighted by molar-refractivity contribution is 6.00. The average Bonchev–Trinajstić information content (AvgIpc) is 3.08. The summed E-state index contributed by atoms with van der Waals surface area (Å²) >= 11 is 0. The molecule has 2 aliphatic heterocycles. The topological polar surface area (TPSA) is 205 Å². The molecular weight excluding hydrogens is 460 g/mol. The van der Waals surface area contributed by atoms with E-state index in [9.17, 15) is 35.4 Å². The molecule has 13 heteroatoms. The molecule has 3 rings (SSSR count). The smallest absolute Gasteiger partial charge is 0.229 e. The summed E-state index contributed by atoms with van der Waals surface area (Å²) < 4.78 is 26.9. The second-order valence-corrected chi connectivity index (χ2v) is 8.15. The molecule has 2 fully saturated rings. The van der Waals surface area contributed by atoms with Gasteiger partial charge in [-0.3, -0.25) is 4.79 Å². The van der Waals surface area contributed by atoms with Crippen molar-refractivity contribution in [2.24, 2.45) is 0 Å². The summed E-state index contributed by atoms with van der Waals surface area (Å²) in [4.78, 5) is 11.9. The van der Waals surface area contributed by atoms with E-state index in [1.807, 2.05) is 0 Å². The van der Waals surface area contributed by atoms with Crippen LogP contribution in [0.15, 0.2) is 6.07 Å². The molecule has 0 saturated carbocycles. The number of carbonyl (C=O) groups excluding carboxylic acids is 1. The van der Waals surface area contributed by atoms with Gasteiger partial charge < -0.3 is 59.4 Å². The highest BCUT2D eigenvalue weighted by atomic mass is 16.7. The van der Waals surface area contributed by atoms with Gasteiger partial charge in [0.15, 0.2) is 12.1 Å². The van der Waals surface area contributed by atoms with Crippen LogP contribution in [-0.2, 0) is 14.2 Å². The van der Waals surface area contributed by atoms with Crippen molar-refractivity contribution < 1.29 is 64.2 Å². The molecule has 2 saturated heterocycles. The third kappa shape index (κ3) is 4.98. The van der Waals surface area contributed by atoms with E-state index in [1.54, 1.807) is 0 Å². The van der Waals surface area contributed by atoms with Gasteiger partial charge >= 0.3 is 0 Å². The molecule has 0 amide bonds. The second-order valence-electron chi connectivity index (χ2n) is 8.15. The molecule has 2 aliphatic rings. The zero-order valence-electron chi connectivity index (χ0n) is 18.8. The number of benzene rings is 1. The Labute approximate surface area is 194 Å². The molecule has 0 bridgehead atoms. The number of ether oxygens (including phenoxy) is 5. The average molecular weight is 490 g/mol. The van der Waals surface area contributed by atoms with Gasteiger partial charge in [0.05, 0.1) is 20.3 Å². The Kier molecular flexibility index (Phi) is 8.34. The van der Waals surface area contributed by atoms with Gasteiger partial charge in [0.2, 0.25) is 6.29 Å². The van der Waals surface area contributed by atoms with E-state index in [0.717, 1.165) is 0 Å². The summed E-state index contributed by atoms with van der Waals surface area (Å²) in [6.07, 6.45) is -13.1. The normalized spacial score (nSPS) is 35.9. The first-order valence-corrected chi connectivity index (χ1v) is 10.5. The monoisotopic (exact) mass is 490 g/mol. The minimum atomic E-state index is -1.72. The standard InChI is InChI=1S/C21H30O13/c1-7-9(4-10(30-3)13(8(2)23)14(7)24)32-21-19(29)17(27)16(26)12(34-21)6-31-20-18(28)15(25)11(5-22)33-20/h4,11-12,15-22,24-29H,5-6H2,1-3H3/t11-,12+,15-,16+,17-,18+,19+,20+,21+/m0/s1. The molecule has 1 aromatic rings. The fourth-order valence-electron chi connectivity index (χ4n) is 3.81. The maximum atomic E-state index is 11.9. The van der Waals surface area contributed by atoms with Crippen molar-refractivity contribution in [3.8, 4) is 17.2 Å². The quantitative estimate of drug-likeness (QED) is 0.189. The minimum absolute atomic E-state index is 0.0146. The Balaban J connectivity index is 1.76. The number of hydrogen-bond donors (Lipinski definition) is 7. The van der Waals surface area contributed by atoms with Crippen LogP contribution in [0.5, 0.6) is 17.2 Å². The second kappa shape index (κ2) is 10.7. The molecule has 13 nitrogen and oxygen atoms in total. The Morgan fingerprint density at radius 3 is 2.09 bits per heavy atom. The number of hydrogen-bond acceptors (Lipinski definition) is 13. The van der Waals surface area contributed by atoms with Crippen LogP contribution in [0.4, 0.5) is 0 Å². The molecule has 192 valence electrons. The minimum Gasteiger partial charge on any atom is -0.507 e. The van der Waals surface area contributed by atoms with Gasteiger partial charge in [-0.1, -0.05) is 0 Å². The molecule has 2 heterocycles. The highest BCUT2D eigenvalue weighted by Gasteiger charge is 2.47. The van der Waals surface area contributed by atoms with Crippen molar-refractivity contribution in [2.45, 2.75) is 69.2 Å². The van der Waals surface area contributed by atoms with Gasteiger partial charge in [0.1, 0.15) is 65.5 Å². The number of rotatable bonds is 8. The van der Waals surface area contributed by atoms with E-state index in [2.05, 4.69) is 0 Å². The number of phenolic OH excluding ortho intramolecular Hbond substituents is 1. The Morgan fingerprint density at radius 2 is 1.53 bits per heavy atom. The molecule has 0 aliphatic carbocycles. The predicted octanol–water partition coefficient (Wildman–Crippen LogP) is -2.45. The summed E-state index contributed by atoms with van der Waals surface area (Å²) in [5, 5.41) is 70.3. The van der Waals surface area contributed by atoms with Crippen molar-refractivity contribution >= 4 is 5.78 Å². The number of methoxy groups -OCH3 is 1. The first kappa shape index (κ1) is 26.5. The fraction of sp³-hybridized carbons (Fsp3) is 0.667. The molecule has 0 aromatic heterocycles. The fourth-order valence-corrected chi connectivity index (χ4v) is 3.81. The molecule has 9 atom stereocenters. The van der Waals surface area contributed by atoms with E-state index >= 15 is 0 Å². The highest BCUT2D eigenvalue weighted by Crippen LogP contribution is 2.39. The van der Waals surface area contributed by atoms with Crippen molar-refractivity contribution in [1.82, 2.24) is 0 Å². The van der Waals surface area contributed by atoms with Crippen LogP contribution in [0.1, 0.15) is 22.8 Å². The molecular formula is C21H30O13. The molecule has 0 unspecified atom stereocenters. The van der Waals surface area contributed by atoms with Crippen LogP contribution in [0.25, 0.3) is 0 Å². The maximum Gasteiger partial charge on any atom is 0.229 e. The van der Waals surface area contributed by atoms with Gasteiger partial charge in [-0.25, -0.2) is 0 Å². The van der Waals surface area contributed by atoms with Crippen molar-refractivity contribution in [3.63, 3.8) is 0 Å².